The first-order valence-electron chi connectivity index (χ1n) is 12.4. The smallest absolute Gasteiger partial charge is 0.276 e. The molecule has 1 atom stereocenters. The van der Waals surface area contributed by atoms with Gasteiger partial charge in [-0.1, -0.05) is 19.3 Å². The summed E-state index contributed by atoms with van der Waals surface area (Å²) in [5, 5.41) is 4.18. The van der Waals surface area contributed by atoms with Crippen LogP contribution in [0, 0.1) is 0 Å². The SMILES string of the molecule is COc1ccc(OC)c(N2C(=O)c3cc4ccc(OC)cc4n3C[C@]2(C)C(=O)NC2CCCCC2)c1. The molecular formula is C28H33N3O5. The lowest BCUT2D eigenvalue weighted by Gasteiger charge is -2.45. The Morgan fingerprint density at radius 2 is 1.64 bits per heavy atom. The van der Waals surface area contributed by atoms with Crippen LogP contribution in [0.2, 0.25) is 0 Å². The molecule has 0 unspecified atom stereocenters. The van der Waals surface area contributed by atoms with Crippen LogP contribution in [0.4, 0.5) is 5.69 Å². The molecule has 190 valence electrons. The molecule has 2 aliphatic rings. The van der Waals surface area contributed by atoms with Gasteiger partial charge in [-0.15, -0.1) is 0 Å². The van der Waals surface area contributed by atoms with Crippen molar-refractivity contribution in [2.24, 2.45) is 0 Å². The number of hydrogen-bond acceptors (Lipinski definition) is 5. The summed E-state index contributed by atoms with van der Waals surface area (Å²) in [5.74, 6) is 1.31. The summed E-state index contributed by atoms with van der Waals surface area (Å²) in [4.78, 5) is 29.8. The molecule has 1 N–H and O–H groups in total. The van der Waals surface area contributed by atoms with Gasteiger partial charge in [0.1, 0.15) is 28.5 Å². The zero-order chi connectivity index (χ0) is 25.4. The number of nitrogens with zero attached hydrogens (tertiary/aromatic N) is 2. The van der Waals surface area contributed by atoms with Crippen molar-refractivity contribution in [1.29, 1.82) is 0 Å². The minimum absolute atomic E-state index is 0.107. The highest BCUT2D eigenvalue weighted by atomic mass is 16.5. The lowest BCUT2D eigenvalue weighted by molar-refractivity contribution is -0.127. The second-order valence-electron chi connectivity index (χ2n) is 9.80. The van der Waals surface area contributed by atoms with E-state index in [9.17, 15) is 9.59 Å². The fourth-order valence-electron chi connectivity index (χ4n) is 5.53. The number of benzene rings is 2. The van der Waals surface area contributed by atoms with Gasteiger partial charge in [0.25, 0.3) is 5.91 Å². The monoisotopic (exact) mass is 491 g/mol. The number of hydrogen-bond donors (Lipinski definition) is 1. The Hall–Kier alpha value is -3.68. The Kier molecular flexibility index (Phi) is 6.28. The van der Waals surface area contributed by atoms with E-state index in [2.05, 4.69) is 5.32 Å². The normalized spacial score (nSPS) is 20.2. The van der Waals surface area contributed by atoms with E-state index in [0.29, 0.717) is 28.6 Å². The highest BCUT2D eigenvalue weighted by Gasteiger charge is 2.50. The molecule has 0 bridgehead atoms. The lowest BCUT2D eigenvalue weighted by Crippen LogP contribution is -2.65. The van der Waals surface area contributed by atoms with Crippen molar-refractivity contribution < 1.29 is 23.8 Å². The summed E-state index contributed by atoms with van der Waals surface area (Å²) in [6, 6.07) is 13.0. The molecule has 1 aliphatic heterocycles. The first-order valence-corrected chi connectivity index (χ1v) is 12.4. The average Bonchev–Trinajstić information content (AvgIpc) is 3.26. The van der Waals surface area contributed by atoms with Gasteiger partial charge in [-0.2, -0.15) is 0 Å². The van der Waals surface area contributed by atoms with Crippen LogP contribution in [-0.4, -0.2) is 49.3 Å². The third-order valence-electron chi connectivity index (χ3n) is 7.55. The second kappa shape index (κ2) is 9.41. The summed E-state index contributed by atoms with van der Waals surface area (Å²) in [5.41, 5.74) is 0.644. The van der Waals surface area contributed by atoms with Gasteiger partial charge in [0, 0.05) is 23.6 Å². The van der Waals surface area contributed by atoms with Crippen molar-refractivity contribution in [3.05, 3.63) is 48.2 Å². The number of amides is 2. The molecule has 1 saturated carbocycles. The molecule has 2 heterocycles. The highest BCUT2D eigenvalue weighted by molar-refractivity contribution is 6.14. The average molecular weight is 492 g/mol. The van der Waals surface area contributed by atoms with Crippen molar-refractivity contribution in [3.63, 3.8) is 0 Å². The summed E-state index contributed by atoms with van der Waals surface area (Å²) in [7, 11) is 4.75. The van der Waals surface area contributed by atoms with Crippen LogP contribution >= 0.6 is 0 Å². The Bertz CT molecular complexity index is 1310. The van der Waals surface area contributed by atoms with Crippen LogP contribution < -0.4 is 24.4 Å². The molecule has 2 amide bonds. The van der Waals surface area contributed by atoms with Gasteiger partial charge in [-0.25, -0.2) is 0 Å². The van der Waals surface area contributed by atoms with Crippen molar-refractivity contribution >= 4 is 28.4 Å². The molecule has 5 rings (SSSR count). The number of rotatable bonds is 6. The van der Waals surface area contributed by atoms with Gasteiger partial charge < -0.3 is 24.1 Å². The largest absolute Gasteiger partial charge is 0.497 e. The highest BCUT2D eigenvalue weighted by Crippen LogP contribution is 2.42. The van der Waals surface area contributed by atoms with E-state index in [0.717, 1.165) is 36.6 Å². The van der Waals surface area contributed by atoms with E-state index in [-0.39, 0.29) is 24.4 Å². The van der Waals surface area contributed by atoms with E-state index in [1.165, 1.54) is 6.42 Å². The molecule has 2 aromatic carbocycles. The summed E-state index contributed by atoms with van der Waals surface area (Å²) >= 11 is 0. The summed E-state index contributed by atoms with van der Waals surface area (Å²) in [6.07, 6.45) is 5.29. The van der Waals surface area contributed by atoms with Gasteiger partial charge >= 0.3 is 0 Å². The molecule has 8 nitrogen and oxygen atoms in total. The first kappa shape index (κ1) is 24.0. The molecule has 1 fully saturated rings. The van der Waals surface area contributed by atoms with Gasteiger partial charge in [-0.3, -0.25) is 14.5 Å². The number of methoxy groups -OCH3 is 3. The van der Waals surface area contributed by atoms with Crippen LogP contribution in [0.5, 0.6) is 17.2 Å². The van der Waals surface area contributed by atoms with Crippen molar-refractivity contribution in [2.45, 2.75) is 57.2 Å². The molecule has 36 heavy (non-hydrogen) atoms. The lowest BCUT2D eigenvalue weighted by atomic mass is 9.90. The van der Waals surface area contributed by atoms with Crippen LogP contribution in [0.25, 0.3) is 10.9 Å². The maximum atomic E-state index is 14.2. The number of nitrogens with one attached hydrogen (secondary N) is 1. The molecule has 8 heteroatoms. The second-order valence-corrected chi connectivity index (χ2v) is 9.80. The number of carbonyl (C=O) groups excluding carboxylic acids is 2. The van der Waals surface area contributed by atoms with E-state index in [1.807, 2.05) is 35.8 Å². The molecule has 0 spiro atoms. The maximum Gasteiger partial charge on any atom is 0.276 e. The number of fused-ring (bicyclic) bond motifs is 3. The van der Waals surface area contributed by atoms with Crippen LogP contribution in [-0.2, 0) is 11.3 Å². The molecule has 0 saturated heterocycles. The predicted octanol–water partition coefficient (Wildman–Crippen LogP) is 4.54. The molecule has 3 aromatic rings. The molecule has 1 aliphatic carbocycles. The number of carbonyl (C=O) groups is 2. The van der Waals surface area contributed by atoms with E-state index < -0.39 is 5.54 Å². The van der Waals surface area contributed by atoms with Crippen molar-refractivity contribution in [3.8, 4) is 17.2 Å². The van der Waals surface area contributed by atoms with E-state index in [1.54, 1.807) is 44.4 Å². The van der Waals surface area contributed by atoms with Gasteiger partial charge in [0.2, 0.25) is 5.91 Å². The summed E-state index contributed by atoms with van der Waals surface area (Å²) in [6.45, 7) is 2.11. The minimum Gasteiger partial charge on any atom is -0.497 e. The number of aromatic nitrogens is 1. The van der Waals surface area contributed by atoms with Crippen molar-refractivity contribution in [1.82, 2.24) is 9.88 Å². The third-order valence-corrected chi connectivity index (χ3v) is 7.55. The molecule has 0 radical (unpaired) electrons. The Morgan fingerprint density at radius 1 is 0.944 bits per heavy atom. The van der Waals surface area contributed by atoms with Gasteiger partial charge in [0.15, 0.2) is 0 Å². The van der Waals surface area contributed by atoms with E-state index >= 15 is 0 Å². The topological polar surface area (TPSA) is 82.0 Å². The third kappa shape index (κ3) is 3.94. The van der Waals surface area contributed by atoms with Crippen LogP contribution in [0.3, 0.4) is 0 Å². The van der Waals surface area contributed by atoms with Gasteiger partial charge in [0.05, 0.1) is 39.1 Å². The minimum atomic E-state index is -1.21. The Balaban J connectivity index is 1.67. The quantitative estimate of drug-likeness (QED) is 0.548. The van der Waals surface area contributed by atoms with Gasteiger partial charge in [-0.05, 0) is 50.1 Å². The zero-order valence-electron chi connectivity index (χ0n) is 21.3. The number of anilines is 1. The van der Waals surface area contributed by atoms with Crippen molar-refractivity contribution in [2.75, 3.05) is 26.2 Å². The molecular weight excluding hydrogens is 458 g/mol. The van der Waals surface area contributed by atoms with Crippen LogP contribution in [0.15, 0.2) is 42.5 Å². The summed E-state index contributed by atoms with van der Waals surface area (Å²) < 4.78 is 18.5. The maximum absolute atomic E-state index is 14.2. The number of ether oxygens (including phenoxy) is 3. The zero-order valence-corrected chi connectivity index (χ0v) is 21.3. The Labute approximate surface area is 211 Å². The predicted molar refractivity (Wildman–Crippen MR) is 138 cm³/mol. The van der Waals surface area contributed by atoms with Crippen LogP contribution in [0.1, 0.15) is 49.5 Å². The fourth-order valence-corrected chi connectivity index (χ4v) is 5.53. The fraction of sp³-hybridized carbons (Fsp3) is 0.429. The Morgan fingerprint density at radius 3 is 2.33 bits per heavy atom. The standard InChI is InChI=1S/C28H33N3O5/c1-28(27(33)29-19-8-6-5-7-9-19)17-30-22-15-20(34-2)11-10-18(22)14-24(30)26(32)31(28)23-16-21(35-3)12-13-25(23)36-4/h10-16,19H,5-9,17H2,1-4H3,(H,29,33)/t28-/m1/s1. The first-order chi connectivity index (χ1) is 17.4. The molecule has 1 aromatic heterocycles. The van der Waals surface area contributed by atoms with E-state index in [4.69, 9.17) is 14.2 Å².